The van der Waals surface area contributed by atoms with Crippen molar-refractivity contribution in [1.82, 2.24) is 19.0 Å². The number of aliphatic imine (C=N–C) groups is 1. The van der Waals surface area contributed by atoms with E-state index >= 15 is 0 Å². The standard InChI is InChI=1S/C21H26N6O3/c1-23-8-12(7-22)17-16(29-5)6-14-18-19-15(9-24-14)26(4)21(28)27(19)13(10-25(2)3)11-30-20(17)18/h6-9,13H,10-11,22H2,1-5H3. The molecule has 3 aromatic rings. The Bertz CT molecular complexity index is 1250. The Morgan fingerprint density at radius 2 is 2.27 bits per heavy atom. The lowest BCUT2D eigenvalue weighted by Crippen LogP contribution is -2.35. The lowest BCUT2D eigenvalue weighted by molar-refractivity contribution is 0.216. The SMILES string of the molecule is CN=CC(=CN)c1c(OC)cc2ncc3c4c2c1OCC(CN(C)C)n4c(=O)n3C. The molecule has 0 amide bonds. The number of rotatable bonds is 5. The van der Waals surface area contributed by atoms with Crippen molar-refractivity contribution in [2.75, 3.05) is 41.4 Å². The molecule has 0 bridgehead atoms. The Morgan fingerprint density at radius 3 is 2.90 bits per heavy atom. The largest absolute Gasteiger partial charge is 0.496 e. The van der Waals surface area contributed by atoms with E-state index in [0.717, 1.165) is 16.4 Å². The molecule has 1 aromatic carbocycles. The monoisotopic (exact) mass is 410 g/mol. The Kier molecular flexibility index (Phi) is 4.98. The summed E-state index contributed by atoms with van der Waals surface area (Å²) in [6.07, 6.45) is 4.87. The van der Waals surface area contributed by atoms with Crippen LogP contribution in [-0.4, -0.2) is 66.6 Å². The Balaban J connectivity index is 2.19. The average molecular weight is 410 g/mol. The summed E-state index contributed by atoms with van der Waals surface area (Å²) in [7, 11) is 9.00. The summed E-state index contributed by atoms with van der Waals surface area (Å²) in [5.74, 6) is 1.18. The maximum absolute atomic E-state index is 13.2. The van der Waals surface area contributed by atoms with Gasteiger partial charge in [0.05, 0.1) is 46.8 Å². The Labute approximate surface area is 174 Å². The zero-order valence-electron chi connectivity index (χ0n) is 17.8. The average Bonchev–Trinajstić information content (AvgIpc) is 2.87. The van der Waals surface area contributed by atoms with E-state index < -0.39 is 0 Å². The molecule has 0 aliphatic carbocycles. The molecule has 0 spiro atoms. The maximum Gasteiger partial charge on any atom is 0.329 e. The predicted octanol–water partition coefficient (Wildman–Crippen LogP) is 1.39. The normalized spacial score (nSPS) is 16.7. The van der Waals surface area contributed by atoms with Gasteiger partial charge in [0.2, 0.25) is 0 Å². The molecule has 1 aliphatic heterocycles. The summed E-state index contributed by atoms with van der Waals surface area (Å²) >= 11 is 0. The highest BCUT2D eigenvalue weighted by Gasteiger charge is 2.30. The summed E-state index contributed by atoms with van der Waals surface area (Å²) in [6.45, 7) is 0.974. The van der Waals surface area contributed by atoms with Crippen molar-refractivity contribution in [3.63, 3.8) is 0 Å². The quantitative estimate of drug-likeness (QED) is 0.638. The summed E-state index contributed by atoms with van der Waals surface area (Å²) in [5, 5.41) is 0.770. The molecule has 1 aliphatic rings. The molecule has 1 atom stereocenters. The molecular weight excluding hydrogens is 384 g/mol. The molecule has 9 heteroatoms. The molecule has 9 nitrogen and oxygen atoms in total. The number of allylic oxidation sites excluding steroid dienone is 1. The minimum absolute atomic E-state index is 0.0929. The van der Waals surface area contributed by atoms with E-state index in [4.69, 9.17) is 15.2 Å². The molecule has 4 rings (SSSR count). The number of imidazole rings is 1. The third-order valence-corrected chi connectivity index (χ3v) is 5.44. The van der Waals surface area contributed by atoms with Gasteiger partial charge in [-0.1, -0.05) is 0 Å². The number of benzene rings is 1. The van der Waals surface area contributed by atoms with Gasteiger partial charge in [0, 0.05) is 44.7 Å². The highest BCUT2D eigenvalue weighted by atomic mass is 16.5. The van der Waals surface area contributed by atoms with Gasteiger partial charge in [0.15, 0.2) is 0 Å². The highest BCUT2D eigenvalue weighted by molar-refractivity contribution is 6.17. The first-order chi connectivity index (χ1) is 14.4. The maximum atomic E-state index is 13.2. The van der Waals surface area contributed by atoms with Crippen molar-refractivity contribution >= 4 is 33.7 Å². The number of aryl methyl sites for hydroxylation is 1. The fraction of sp³-hybridized carbons (Fsp3) is 0.381. The number of ether oxygens (including phenoxy) is 2. The first kappa shape index (κ1) is 20.0. The van der Waals surface area contributed by atoms with E-state index in [0.29, 0.717) is 41.3 Å². The fourth-order valence-corrected chi connectivity index (χ4v) is 4.18. The van der Waals surface area contributed by atoms with Crippen LogP contribution in [-0.2, 0) is 7.05 Å². The number of likely N-dealkylation sites (N-methyl/N-ethyl adjacent to an activating group) is 1. The van der Waals surface area contributed by atoms with Gasteiger partial charge in [-0.15, -0.1) is 0 Å². The molecule has 0 radical (unpaired) electrons. The summed E-state index contributed by atoms with van der Waals surface area (Å²) in [4.78, 5) is 24.0. The second kappa shape index (κ2) is 7.49. The van der Waals surface area contributed by atoms with Crippen molar-refractivity contribution in [2.24, 2.45) is 17.8 Å². The highest BCUT2D eigenvalue weighted by Crippen LogP contribution is 2.44. The topological polar surface area (TPSA) is 99.9 Å². The van der Waals surface area contributed by atoms with Crippen molar-refractivity contribution in [2.45, 2.75) is 6.04 Å². The van der Waals surface area contributed by atoms with E-state index in [1.54, 1.807) is 38.2 Å². The van der Waals surface area contributed by atoms with Crippen molar-refractivity contribution in [1.29, 1.82) is 0 Å². The van der Waals surface area contributed by atoms with E-state index in [2.05, 4.69) is 9.98 Å². The van der Waals surface area contributed by atoms with Crippen LogP contribution in [0.25, 0.3) is 27.5 Å². The number of methoxy groups -OCH3 is 1. The van der Waals surface area contributed by atoms with Gasteiger partial charge in [-0.3, -0.25) is 19.1 Å². The first-order valence-electron chi connectivity index (χ1n) is 9.65. The number of aromatic nitrogens is 3. The van der Waals surface area contributed by atoms with Crippen LogP contribution in [0.5, 0.6) is 11.5 Å². The van der Waals surface area contributed by atoms with Crippen LogP contribution in [0.3, 0.4) is 0 Å². The first-order valence-corrected chi connectivity index (χ1v) is 9.65. The van der Waals surface area contributed by atoms with E-state index in [1.165, 1.54) is 6.20 Å². The van der Waals surface area contributed by atoms with E-state index in [-0.39, 0.29) is 11.7 Å². The third kappa shape index (κ3) is 2.85. The number of hydrogen-bond acceptors (Lipinski definition) is 7. The summed E-state index contributed by atoms with van der Waals surface area (Å²) < 4.78 is 15.5. The smallest absolute Gasteiger partial charge is 0.329 e. The van der Waals surface area contributed by atoms with Crippen LogP contribution in [0.2, 0.25) is 0 Å². The van der Waals surface area contributed by atoms with Crippen LogP contribution in [0, 0.1) is 0 Å². The molecule has 2 N–H and O–H groups in total. The zero-order chi connectivity index (χ0) is 21.6. The van der Waals surface area contributed by atoms with Gasteiger partial charge < -0.3 is 20.1 Å². The van der Waals surface area contributed by atoms with Gasteiger partial charge in [-0.05, 0) is 14.1 Å². The summed E-state index contributed by atoms with van der Waals surface area (Å²) in [5.41, 5.74) is 9.44. The Morgan fingerprint density at radius 1 is 1.50 bits per heavy atom. The number of nitrogens with zero attached hydrogens (tertiary/aromatic N) is 5. The van der Waals surface area contributed by atoms with Crippen LogP contribution in [0.1, 0.15) is 11.6 Å². The molecule has 158 valence electrons. The second-order valence-corrected chi connectivity index (χ2v) is 7.62. The summed E-state index contributed by atoms with van der Waals surface area (Å²) in [6, 6.07) is 1.68. The molecule has 2 aromatic heterocycles. The van der Waals surface area contributed by atoms with E-state index in [9.17, 15) is 4.79 Å². The van der Waals surface area contributed by atoms with Crippen molar-refractivity contribution in [3.8, 4) is 11.5 Å². The minimum Gasteiger partial charge on any atom is -0.496 e. The number of nitrogens with two attached hydrogens (primary N) is 1. The second-order valence-electron chi connectivity index (χ2n) is 7.62. The minimum atomic E-state index is -0.168. The molecule has 30 heavy (non-hydrogen) atoms. The molecule has 1 unspecified atom stereocenters. The van der Waals surface area contributed by atoms with Gasteiger partial charge >= 0.3 is 5.69 Å². The molecule has 0 saturated heterocycles. The predicted molar refractivity (Wildman–Crippen MR) is 119 cm³/mol. The third-order valence-electron chi connectivity index (χ3n) is 5.44. The molecule has 0 saturated carbocycles. The Hall–Kier alpha value is -3.33. The number of pyridine rings is 1. The van der Waals surface area contributed by atoms with Gasteiger partial charge in [0.25, 0.3) is 0 Å². The lowest BCUT2D eigenvalue weighted by Gasteiger charge is -2.21. The molecule has 0 fully saturated rings. The van der Waals surface area contributed by atoms with E-state index in [1.807, 2.05) is 29.6 Å². The van der Waals surface area contributed by atoms with Crippen LogP contribution < -0.4 is 20.9 Å². The van der Waals surface area contributed by atoms with Crippen molar-refractivity contribution in [3.05, 3.63) is 34.5 Å². The van der Waals surface area contributed by atoms with Crippen LogP contribution in [0.15, 0.2) is 28.3 Å². The van der Waals surface area contributed by atoms with Crippen LogP contribution >= 0.6 is 0 Å². The number of hydrogen-bond donors (Lipinski definition) is 1. The van der Waals surface area contributed by atoms with Crippen LogP contribution in [0.4, 0.5) is 0 Å². The fourth-order valence-electron chi connectivity index (χ4n) is 4.18. The molecule has 3 heterocycles. The lowest BCUT2D eigenvalue weighted by atomic mass is 10.0. The zero-order valence-corrected chi connectivity index (χ0v) is 17.8. The van der Waals surface area contributed by atoms with Gasteiger partial charge in [-0.2, -0.15) is 0 Å². The van der Waals surface area contributed by atoms with Crippen molar-refractivity contribution < 1.29 is 9.47 Å². The van der Waals surface area contributed by atoms with Gasteiger partial charge in [0.1, 0.15) is 18.1 Å². The molecular formula is C21H26N6O3. The van der Waals surface area contributed by atoms with Gasteiger partial charge in [-0.25, -0.2) is 4.79 Å².